The van der Waals surface area contributed by atoms with Crippen LogP contribution in [0.15, 0.2) is 30.3 Å². The number of carbonyl (C=O) groups is 2. The standard InChI is InChI=1S/C23H33N3O3/c27-21-17-24(15-16-26(21)20-9-4-5-10-20)18-23(29)12-6-13-25(22(23)28)14-11-19-7-2-1-3-8-19/h1-3,7-8,20,29H,4-6,9-18H2. The fourth-order valence-electron chi connectivity index (χ4n) is 5.18. The van der Waals surface area contributed by atoms with E-state index in [1.165, 1.54) is 18.4 Å². The molecule has 1 aromatic carbocycles. The number of piperazine rings is 1. The Labute approximate surface area is 173 Å². The number of hydrogen-bond acceptors (Lipinski definition) is 4. The maximum absolute atomic E-state index is 13.1. The third kappa shape index (κ3) is 4.64. The van der Waals surface area contributed by atoms with Gasteiger partial charge in [0.2, 0.25) is 5.91 Å². The lowest BCUT2D eigenvalue weighted by molar-refractivity contribution is -0.161. The molecule has 3 fully saturated rings. The summed E-state index contributed by atoms with van der Waals surface area (Å²) in [6, 6.07) is 10.5. The van der Waals surface area contributed by atoms with Crippen LogP contribution in [0.2, 0.25) is 0 Å². The number of aliphatic hydroxyl groups is 1. The highest BCUT2D eigenvalue weighted by molar-refractivity contribution is 5.86. The van der Waals surface area contributed by atoms with E-state index in [1.54, 1.807) is 4.90 Å². The smallest absolute Gasteiger partial charge is 0.255 e. The molecule has 0 aromatic heterocycles. The van der Waals surface area contributed by atoms with Crippen LogP contribution in [-0.2, 0) is 16.0 Å². The van der Waals surface area contributed by atoms with Crippen molar-refractivity contribution in [3.63, 3.8) is 0 Å². The average Bonchev–Trinajstić information content (AvgIpc) is 3.25. The first kappa shape index (κ1) is 20.4. The molecule has 158 valence electrons. The number of amides is 2. The predicted molar refractivity (Wildman–Crippen MR) is 111 cm³/mol. The van der Waals surface area contributed by atoms with Gasteiger partial charge in [0.05, 0.1) is 6.54 Å². The van der Waals surface area contributed by atoms with Crippen LogP contribution < -0.4 is 0 Å². The van der Waals surface area contributed by atoms with Crippen molar-refractivity contribution < 1.29 is 14.7 Å². The van der Waals surface area contributed by atoms with Crippen molar-refractivity contribution in [1.82, 2.24) is 14.7 Å². The molecule has 1 unspecified atom stereocenters. The monoisotopic (exact) mass is 399 g/mol. The molecular weight excluding hydrogens is 366 g/mol. The van der Waals surface area contributed by atoms with Gasteiger partial charge in [-0.15, -0.1) is 0 Å². The highest BCUT2D eigenvalue weighted by atomic mass is 16.3. The maximum atomic E-state index is 13.1. The topological polar surface area (TPSA) is 64.1 Å². The number of hydrogen-bond donors (Lipinski definition) is 1. The molecule has 2 aliphatic heterocycles. The maximum Gasteiger partial charge on any atom is 0.255 e. The van der Waals surface area contributed by atoms with Crippen molar-refractivity contribution in [2.24, 2.45) is 0 Å². The minimum absolute atomic E-state index is 0.149. The summed E-state index contributed by atoms with van der Waals surface area (Å²) in [4.78, 5) is 31.5. The Kier molecular flexibility index (Phi) is 6.20. The van der Waals surface area contributed by atoms with E-state index >= 15 is 0 Å². The lowest BCUT2D eigenvalue weighted by atomic mass is 9.90. The van der Waals surface area contributed by atoms with Gasteiger partial charge in [-0.25, -0.2) is 0 Å². The molecule has 2 saturated heterocycles. The van der Waals surface area contributed by atoms with Crippen LogP contribution in [0, 0.1) is 0 Å². The molecule has 1 saturated carbocycles. The van der Waals surface area contributed by atoms with Crippen LogP contribution in [0.5, 0.6) is 0 Å². The molecule has 6 nitrogen and oxygen atoms in total. The van der Waals surface area contributed by atoms with Crippen molar-refractivity contribution in [2.75, 3.05) is 39.3 Å². The second-order valence-corrected chi connectivity index (χ2v) is 8.90. The zero-order valence-electron chi connectivity index (χ0n) is 17.3. The van der Waals surface area contributed by atoms with Gasteiger partial charge in [-0.2, -0.15) is 0 Å². The summed E-state index contributed by atoms with van der Waals surface area (Å²) >= 11 is 0. The van der Waals surface area contributed by atoms with Crippen LogP contribution in [0.1, 0.15) is 44.1 Å². The molecule has 1 aliphatic carbocycles. The van der Waals surface area contributed by atoms with Crippen molar-refractivity contribution in [3.8, 4) is 0 Å². The van der Waals surface area contributed by atoms with E-state index in [1.807, 2.05) is 28.0 Å². The average molecular weight is 400 g/mol. The molecule has 1 aromatic rings. The van der Waals surface area contributed by atoms with E-state index in [-0.39, 0.29) is 18.4 Å². The molecule has 4 rings (SSSR count). The number of nitrogens with zero attached hydrogens (tertiary/aromatic N) is 3. The highest BCUT2D eigenvalue weighted by Crippen LogP contribution is 2.27. The van der Waals surface area contributed by atoms with Crippen LogP contribution in [0.4, 0.5) is 0 Å². The number of rotatable bonds is 6. The Morgan fingerprint density at radius 3 is 2.48 bits per heavy atom. The molecule has 0 radical (unpaired) electrons. The van der Waals surface area contributed by atoms with Crippen molar-refractivity contribution in [2.45, 2.75) is 56.6 Å². The molecule has 3 aliphatic rings. The van der Waals surface area contributed by atoms with Crippen LogP contribution >= 0.6 is 0 Å². The van der Waals surface area contributed by atoms with Crippen molar-refractivity contribution in [3.05, 3.63) is 35.9 Å². The Balaban J connectivity index is 1.32. The van der Waals surface area contributed by atoms with Gasteiger partial charge in [0, 0.05) is 38.8 Å². The molecule has 1 N–H and O–H groups in total. The molecule has 0 bridgehead atoms. The third-order valence-corrected chi connectivity index (χ3v) is 6.80. The molecule has 6 heteroatoms. The van der Waals surface area contributed by atoms with E-state index < -0.39 is 5.60 Å². The van der Waals surface area contributed by atoms with E-state index in [9.17, 15) is 14.7 Å². The van der Waals surface area contributed by atoms with Gasteiger partial charge >= 0.3 is 0 Å². The Morgan fingerprint density at radius 2 is 1.76 bits per heavy atom. The summed E-state index contributed by atoms with van der Waals surface area (Å²) in [5, 5.41) is 11.2. The first-order chi connectivity index (χ1) is 14.0. The lowest BCUT2D eigenvalue weighted by Gasteiger charge is -2.43. The first-order valence-electron chi connectivity index (χ1n) is 11.1. The largest absolute Gasteiger partial charge is 0.379 e. The first-order valence-corrected chi connectivity index (χ1v) is 11.1. The molecule has 1 atom stereocenters. The number of benzene rings is 1. The van der Waals surface area contributed by atoms with E-state index in [2.05, 4.69) is 12.1 Å². The van der Waals surface area contributed by atoms with Crippen LogP contribution in [0.3, 0.4) is 0 Å². The summed E-state index contributed by atoms with van der Waals surface area (Å²) in [5.74, 6) is -0.0266. The van der Waals surface area contributed by atoms with Crippen molar-refractivity contribution in [1.29, 1.82) is 0 Å². The van der Waals surface area contributed by atoms with E-state index in [0.29, 0.717) is 38.6 Å². The normalized spacial score (nSPS) is 27.1. The third-order valence-electron chi connectivity index (χ3n) is 6.80. The Hall–Kier alpha value is -1.92. The summed E-state index contributed by atoms with van der Waals surface area (Å²) < 4.78 is 0. The zero-order valence-corrected chi connectivity index (χ0v) is 17.3. The quantitative estimate of drug-likeness (QED) is 0.790. The summed E-state index contributed by atoms with van der Waals surface area (Å²) in [7, 11) is 0. The number of carbonyl (C=O) groups excluding carboxylic acids is 2. The second kappa shape index (κ2) is 8.84. The summed E-state index contributed by atoms with van der Waals surface area (Å²) in [6.07, 6.45) is 6.73. The lowest BCUT2D eigenvalue weighted by Crippen LogP contribution is -2.62. The predicted octanol–water partition coefficient (Wildman–Crippen LogP) is 1.67. The van der Waals surface area contributed by atoms with Gasteiger partial charge in [-0.1, -0.05) is 43.2 Å². The molecular formula is C23H33N3O3. The number of likely N-dealkylation sites (tertiary alicyclic amines) is 1. The minimum atomic E-state index is -1.37. The van der Waals surface area contributed by atoms with E-state index in [4.69, 9.17) is 0 Å². The fourth-order valence-corrected chi connectivity index (χ4v) is 5.18. The highest BCUT2D eigenvalue weighted by Gasteiger charge is 2.44. The number of β-amino-alcohol motifs (C(OH)–C–C–N with tert-alkyl or cyclic N) is 1. The SMILES string of the molecule is O=C1CN(CC2(O)CCCN(CCc3ccccc3)C2=O)CCN1C1CCCC1. The van der Waals surface area contributed by atoms with Gasteiger partial charge < -0.3 is 14.9 Å². The molecule has 2 amide bonds. The van der Waals surface area contributed by atoms with Crippen LogP contribution in [-0.4, -0.2) is 82.5 Å². The molecule has 0 spiro atoms. The fraction of sp³-hybridized carbons (Fsp3) is 0.652. The summed E-state index contributed by atoms with van der Waals surface area (Å²) in [5.41, 5.74) is -0.173. The zero-order chi connectivity index (χ0) is 20.3. The Bertz CT molecular complexity index is 719. The number of piperidine rings is 1. The van der Waals surface area contributed by atoms with Gasteiger partial charge in [0.1, 0.15) is 0 Å². The van der Waals surface area contributed by atoms with Gasteiger partial charge in [-0.3, -0.25) is 14.5 Å². The summed E-state index contributed by atoms with van der Waals surface area (Å²) in [6.45, 7) is 3.35. The Morgan fingerprint density at radius 1 is 1.00 bits per heavy atom. The molecule has 29 heavy (non-hydrogen) atoms. The van der Waals surface area contributed by atoms with Gasteiger partial charge in [0.15, 0.2) is 5.60 Å². The van der Waals surface area contributed by atoms with Gasteiger partial charge in [0.25, 0.3) is 5.91 Å². The van der Waals surface area contributed by atoms with Crippen LogP contribution in [0.25, 0.3) is 0 Å². The second-order valence-electron chi connectivity index (χ2n) is 8.90. The van der Waals surface area contributed by atoms with Crippen molar-refractivity contribution >= 4 is 11.8 Å². The molecule has 2 heterocycles. The van der Waals surface area contributed by atoms with E-state index in [0.717, 1.165) is 32.2 Å². The minimum Gasteiger partial charge on any atom is -0.379 e. The van der Waals surface area contributed by atoms with Gasteiger partial charge in [-0.05, 0) is 37.7 Å².